The Morgan fingerprint density at radius 2 is 1.96 bits per heavy atom. The molecule has 3 aromatic rings. The van der Waals surface area contributed by atoms with Crippen molar-refractivity contribution in [2.75, 3.05) is 6.54 Å². The van der Waals surface area contributed by atoms with E-state index in [1.54, 1.807) is 0 Å². The van der Waals surface area contributed by atoms with Gasteiger partial charge in [0.05, 0.1) is 5.52 Å². The van der Waals surface area contributed by atoms with Gasteiger partial charge >= 0.3 is 0 Å². The lowest BCUT2D eigenvalue weighted by molar-refractivity contribution is -0.119. The number of carbonyl (C=O) groups is 1. The standard InChI is InChI=1S/C22H24N4O/c1-16-4-6-21-19(3-2-10-24-21)20(16)15-26(13-17-8-11-23-12-9-17)14-18-5-7-22(27)25-18/h2-4,6,8-12,18H,5,7,13-15H2,1H3,(H,25,27)/t18-/m0/s1. The van der Waals surface area contributed by atoms with Gasteiger partial charge in [-0.3, -0.25) is 19.7 Å². The number of amides is 1. The van der Waals surface area contributed by atoms with Crippen LogP contribution in [0.1, 0.15) is 29.5 Å². The third kappa shape index (κ3) is 4.14. The number of nitrogens with one attached hydrogen (secondary N) is 1. The summed E-state index contributed by atoms with van der Waals surface area (Å²) in [6, 6.07) is 12.7. The highest BCUT2D eigenvalue weighted by Gasteiger charge is 2.24. The molecule has 0 spiro atoms. The zero-order valence-corrected chi connectivity index (χ0v) is 15.6. The number of benzene rings is 1. The summed E-state index contributed by atoms with van der Waals surface area (Å²) in [7, 11) is 0. The Morgan fingerprint density at radius 1 is 1.11 bits per heavy atom. The Balaban J connectivity index is 1.62. The number of pyridine rings is 2. The molecular weight excluding hydrogens is 336 g/mol. The number of hydrogen-bond donors (Lipinski definition) is 1. The molecule has 3 heterocycles. The van der Waals surface area contributed by atoms with Crippen LogP contribution in [0.4, 0.5) is 0 Å². The first-order valence-electron chi connectivity index (χ1n) is 9.43. The fourth-order valence-corrected chi connectivity index (χ4v) is 3.81. The van der Waals surface area contributed by atoms with E-state index in [-0.39, 0.29) is 11.9 Å². The van der Waals surface area contributed by atoms with E-state index in [1.165, 1.54) is 22.1 Å². The van der Waals surface area contributed by atoms with Gasteiger partial charge in [-0.1, -0.05) is 12.1 Å². The van der Waals surface area contributed by atoms with Crippen molar-refractivity contribution in [3.05, 3.63) is 71.7 Å². The maximum absolute atomic E-state index is 11.6. The topological polar surface area (TPSA) is 58.1 Å². The van der Waals surface area contributed by atoms with Gasteiger partial charge in [0.1, 0.15) is 0 Å². The SMILES string of the molecule is Cc1ccc2ncccc2c1CN(Cc1ccncc1)C[C@@H]1CCC(=O)N1. The summed E-state index contributed by atoms with van der Waals surface area (Å²) in [5.74, 6) is 0.161. The molecule has 2 aromatic heterocycles. The monoisotopic (exact) mass is 360 g/mol. The number of rotatable bonds is 6. The van der Waals surface area contributed by atoms with Crippen molar-refractivity contribution in [3.63, 3.8) is 0 Å². The smallest absolute Gasteiger partial charge is 0.220 e. The van der Waals surface area contributed by atoms with Crippen LogP contribution in [0.3, 0.4) is 0 Å². The van der Waals surface area contributed by atoms with E-state index in [0.29, 0.717) is 6.42 Å². The normalized spacial score (nSPS) is 16.8. The van der Waals surface area contributed by atoms with Crippen LogP contribution < -0.4 is 5.32 Å². The minimum Gasteiger partial charge on any atom is -0.352 e. The fourth-order valence-electron chi connectivity index (χ4n) is 3.81. The summed E-state index contributed by atoms with van der Waals surface area (Å²) in [5, 5.41) is 4.30. The largest absolute Gasteiger partial charge is 0.352 e. The lowest BCUT2D eigenvalue weighted by Gasteiger charge is -2.27. The molecular formula is C22H24N4O. The zero-order valence-electron chi connectivity index (χ0n) is 15.6. The molecule has 1 saturated heterocycles. The first kappa shape index (κ1) is 17.6. The summed E-state index contributed by atoms with van der Waals surface area (Å²) in [6.45, 7) is 4.64. The van der Waals surface area contributed by atoms with Crippen molar-refractivity contribution in [1.29, 1.82) is 0 Å². The molecule has 1 N–H and O–H groups in total. The third-order valence-corrected chi connectivity index (χ3v) is 5.23. The van der Waals surface area contributed by atoms with Gasteiger partial charge in [0.25, 0.3) is 0 Å². The predicted molar refractivity (Wildman–Crippen MR) is 106 cm³/mol. The number of fused-ring (bicyclic) bond motifs is 1. The molecule has 4 rings (SSSR count). The highest BCUT2D eigenvalue weighted by atomic mass is 16.1. The summed E-state index contributed by atoms with van der Waals surface area (Å²) in [4.78, 5) is 22.7. The number of aromatic nitrogens is 2. The van der Waals surface area contributed by atoms with Gasteiger partial charge in [-0.2, -0.15) is 0 Å². The number of carbonyl (C=O) groups excluding carboxylic acids is 1. The summed E-state index contributed by atoms with van der Waals surface area (Å²) >= 11 is 0. The second-order valence-electron chi connectivity index (χ2n) is 7.26. The molecule has 0 unspecified atom stereocenters. The van der Waals surface area contributed by atoms with E-state index in [4.69, 9.17) is 0 Å². The van der Waals surface area contributed by atoms with Crippen molar-refractivity contribution in [2.45, 2.75) is 38.9 Å². The zero-order chi connectivity index (χ0) is 18.6. The van der Waals surface area contributed by atoms with Crippen LogP contribution >= 0.6 is 0 Å². The van der Waals surface area contributed by atoms with Crippen LogP contribution in [0.15, 0.2) is 55.0 Å². The Kier molecular flexibility index (Phi) is 5.12. The molecule has 1 amide bonds. The van der Waals surface area contributed by atoms with Gasteiger partial charge in [0.2, 0.25) is 5.91 Å². The maximum atomic E-state index is 11.6. The average Bonchev–Trinajstić information content (AvgIpc) is 3.09. The van der Waals surface area contributed by atoms with E-state index in [1.807, 2.05) is 24.7 Å². The molecule has 0 bridgehead atoms. The van der Waals surface area contributed by atoms with Crippen molar-refractivity contribution in [2.24, 2.45) is 0 Å². The number of aryl methyl sites for hydroxylation is 1. The molecule has 5 nitrogen and oxygen atoms in total. The van der Waals surface area contributed by atoms with Gasteiger partial charge in [0, 0.05) is 56.1 Å². The lowest BCUT2D eigenvalue weighted by Crippen LogP contribution is -2.38. The van der Waals surface area contributed by atoms with E-state index in [9.17, 15) is 4.79 Å². The maximum Gasteiger partial charge on any atom is 0.220 e. The first-order valence-corrected chi connectivity index (χ1v) is 9.43. The van der Waals surface area contributed by atoms with Crippen molar-refractivity contribution >= 4 is 16.8 Å². The summed E-state index contributed by atoms with van der Waals surface area (Å²) in [5.41, 5.74) is 4.83. The Bertz CT molecular complexity index is 941. The number of hydrogen-bond acceptors (Lipinski definition) is 4. The lowest BCUT2D eigenvalue weighted by atomic mass is 10.0. The number of nitrogens with zero attached hydrogens (tertiary/aromatic N) is 3. The molecule has 1 aromatic carbocycles. The van der Waals surface area contributed by atoms with Crippen LogP contribution in [0.2, 0.25) is 0 Å². The minimum atomic E-state index is 0.161. The highest BCUT2D eigenvalue weighted by Crippen LogP contribution is 2.23. The average molecular weight is 360 g/mol. The molecule has 1 aliphatic heterocycles. The highest BCUT2D eigenvalue weighted by molar-refractivity contribution is 5.83. The molecule has 138 valence electrons. The molecule has 1 atom stereocenters. The Labute approximate surface area is 159 Å². The first-order chi connectivity index (χ1) is 13.2. The van der Waals surface area contributed by atoms with Crippen LogP contribution in [0.5, 0.6) is 0 Å². The van der Waals surface area contributed by atoms with E-state index in [0.717, 1.165) is 31.6 Å². The van der Waals surface area contributed by atoms with Crippen molar-refractivity contribution < 1.29 is 4.79 Å². The summed E-state index contributed by atoms with van der Waals surface area (Å²) in [6.07, 6.45) is 7.03. The van der Waals surface area contributed by atoms with E-state index in [2.05, 4.69) is 57.4 Å². The molecule has 1 fully saturated rings. The van der Waals surface area contributed by atoms with Crippen molar-refractivity contribution in [3.8, 4) is 0 Å². The van der Waals surface area contributed by atoms with E-state index >= 15 is 0 Å². The third-order valence-electron chi connectivity index (χ3n) is 5.23. The van der Waals surface area contributed by atoms with Crippen molar-refractivity contribution in [1.82, 2.24) is 20.2 Å². The molecule has 0 radical (unpaired) electrons. The minimum absolute atomic E-state index is 0.161. The van der Waals surface area contributed by atoms with Gasteiger partial charge < -0.3 is 5.32 Å². The van der Waals surface area contributed by atoms with Crippen LogP contribution in [0, 0.1) is 6.92 Å². The Hall–Kier alpha value is -2.79. The fraction of sp³-hybridized carbons (Fsp3) is 0.318. The molecule has 0 aliphatic carbocycles. The van der Waals surface area contributed by atoms with Gasteiger partial charge in [-0.05, 0) is 54.3 Å². The molecule has 27 heavy (non-hydrogen) atoms. The van der Waals surface area contributed by atoms with Crippen LogP contribution in [-0.2, 0) is 17.9 Å². The second kappa shape index (κ2) is 7.84. The predicted octanol–water partition coefficient (Wildman–Crippen LogP) is 3.22. The van der Waals surface area contributed by atoms with Gasteiger partial charge in [0.15, 0.2) is 0 Å². The van der Waals surface area contributed by atoms with Gasteiger partial charge in [-0.25, -0.2) is 0 Å². The van der Waals surface area contributed by atoms with Crippen LogP contribution in [-0.4, -0.2) is 33.4 Å². The quantitative estimate of drug-likeness (QED) is 0.733. The van der Waals surface area contributed by atoms with Gasteiger partial charge in [-0.15, -0.1) is 0 Å². The Morgan fingerprint density at radius 3 is 2.74 bits per heavy atom. The van der Waals surface area contributed by atoms with Crippen LogP contribution in [0.25, 0.3) is 10.9 Å². The second-order valence-corrected chi connectivity index (χ2v) is 7.26. The molecule has 1 aliphatic rings. The molecule has 0 saturated carbocycles. The summed E-state index contributed by atoms with van der Waals surface area (Å²) < 4.78 is 0. The molecule has 5 heteroatoms. The van der Waals surface area contributed by atoms with E-state index < -0.39 is 0 Å².